The van der Waals surface area contributed by atoms with E-state index in [9.17, 15) is 0 Å². The number of piperidine rings is 1. The summed E-state index contributed by atoms with van der Waals surface area (Å²) in [5.74, 6) is 2.53. The summed E-state index contributed by atoms with van der Waals surface area (Å²) in [5.41, 5.74) is 4.18. The third kappa shape index (κ3) is 4.28. The topological polar surface area (TPSA) is 15.7 Å². The van der Waals surface area contributed by atoms with E-state index in [-0.39, 0.29) is 0 Å². The number of methoxy groups -OCH3 is 1. The molecule has 3 aromatic rings. The average Bonchev–Trinajstić information content (AvgIpc) is 3.30. The number of hydrogen-bond donors (Lipinski definition) is 0. The SMILES string of the molecule is COc1ccc(CN(Cc2ccccc2)C2C3CN(Cc4ccccc4)CC32)cc1. The Hall–Kier alpha value is -2.62. The van der Waals surface area contributed by atoms with Gasteiger partial charge in [0.1, 0.15) is 5.75 Å². The van der Waals surface area contributed by atoms with Crippen LogP contribution in [0.1, 0.15) is 16.7 Å². The van der Waals surface area contributed by atoms with Crippen molar-refractivity contribution >= 4 is 0 Å². The van der Waals surface area contributed by atoms with Crippen molar-refractivity contribution in [3.05, 3.63) is 102 Å². The number of rotatable bonds is 8. The summed E-state index contributed by atoms with van der Waals surface area (Å²) in [7, 11) is 1.73. The normalized spacial score (nSPS) is 22.8. The second-order valence-electron chi connectivity index (χ2n) is 8.74. The molecule has 3 heteroatoms. The predicted octanol–water partition coefficient (Wildman–Crippen LogP) is 4.83. The van der Waals surface area contributed by atoms with Gasteiger partial charge in [0.25, 0.3) is 0 Å². The maximum absolute atomic E-state index is 5.33. The van der Waals surface area contributed by atoms with Crippen LogP contribution in [0.15, 0.2) is 84.9 Å². The molecule has 0 radical (unpaired) electrons. The molecule has 1 aliphatic heterocycles. The molecule has 0 aromatic heterocycles. The highest BCUT2D eigenvalue weighted by atomic mass is 16.5. The Morgan fingerprint density at radius 2 is 1.27 bits per heavy atom. The largest absolute Gasteiger partial charge is 0.497 e. The first-order valence-corrected chi connectivity index (χ1v) is 11.0. The number of fused-ring (bicyclic) bond motifs is 1. The number of benzene rings is 3. The molecule has 2 atom stereocenters. The number of likely N-dealkylation sites (tertiary alicyclic amines) is 1. The lowest BCUT2D eigenvalue weighted by Gasteiger charge is -2.28. The molecule has 2 unspecified atom stereocenters. The Labute approximate surface area is 179 Å². The second kappa shape index (κ2) is 8.63. The van der Waals surface area contributed by atoms with Gasteiger partial charge in [0.2, 0.25) is 0 Å². The van der Waals surface area contributed by atoms with Gasteiger partial charge < -0.3 is 4.74 Å². The van der Waals surface area contributed by atoms with Crippen molar-refractivity contribution in [1.29, 1.82) is 0 Å². The van der Waals surface area contributed by atoms with Gasteiger partial charge in [-0.15, -0.1) is 0 Å². The zero-order valence-corrected chi connectivity index (χ0v) is 17.7. The molecule has 2 aliphatic rings. The molecule has 0 bridgehead atoms. The molecule has 30 heavy (non-hydrogen) atoms. The molecule has 2 fully saturated rings. The van der Waals surface area contributed by atoms with E-state index < -0.39 is 0 Å². The Balaban J connectivity index is 1.26. The minimum atomic E-state index is 0.694. The predicted molar refractivity (Wildman–Crippen MR) is 121 cm³/mol. The van der Waals surface area contributed by atoms with Gasteiger partial charge in [-0.25, -0.2) is 0 Å². The van der Waals surface area contributed by atoms with Crippen LogP contribution in [0.3, 0.4) is 0 Å². The van der Waals surface area contributed by atoms with Gasteiger partial charge in [-0.1, -0.05) is 72.8 Å². The monoisotopic (exact) mass is 398 g/mol. The number of ether oxygens (including phenoxy) is 1. The molecule has 0 amide bonds. The van der Waals surface area contributed by atoms with E-state index in [1.807, 2.05) is 0 Å². The van der Waals surface area contributed by atoms with E-state index >= 15 is 0 Å². The first-order valence-electron chi connectivity index (χ1n) is 11.0. The first-order chi connectivity index (χ1) is 14.8. The molecule has 0 N–H and O–H groups in total. The van der Waals surface area contributed by atoms with E-state index in [1.165, 1.54) is 29.8 Å². The number of nitrogens with zero attached hydrogens (tertiary/aromatic N) is 2. The van der Waals surface area contributed by atoms with Crippen LogP contribution in [-0.2, 0) is 19.6 Å². The summed E-state index contributed by atoms with van der Waals surface area (Å²) >= 11 is 0. The van der Waals surface area contributed by atoms with Crippen LogP contribution >= 0.6 is 0 Å². The molecule has 1 aliphatic carbocycles. The van der Waals surface area contributed by atoms with Gasteiger partial charge in [-0.2, -0.15) is 0 Å². The summed E-state index contributed by atoms with van der Waals surface area (Å²) in [6, 6.07) is 31.0. The minimum Gasteiger partial charge on any atom is -0.497 e. The van der Waals surface area contributed by atoms with Crippen LogP contribution in [0.2, 0.25) is 0 Å². The third-order valence-corrected chi connectivity index (χ3v) is 6.67. The lowest BCUT2D eigenvalue weighted by Crippen LogP contribution is -2.34. The fourth-order valence-electron chi connectivity index (χ4n) is 5.14. The highest BCUT2D eigenvalue weighted by Gasteiger charge is 2.57. The molecule has 1 saturated carbocycles. The van der Waals surface area contributed by atoms with Crippen LogP contribution < -0.4 is 4.74 Å². The van der Waals surface area contributed by atoms with E-state index in [0.29, 0.717) is 6.04 Å². The highest BCUT2D eigenvalue weighted by Crippen LogP contribution is 2.50. The molecule has 3 nitrogen and oxygen atoms in total. The molecule has 154 valence electrons. The molecular weight excluding hydrogens is 368 g/mol. The van der Waals surface area contributed by atoms with Crippen molar-refractivity contribution in [1.82, 2.24) is 9.80 Å². The molecule has 5 rings (SSSR count). The van der Waals surface area contributed by atoms with Crippen molar-refractivity contribution in [2.75, 3.05) is 20.2 Å². The zero-order chi connectivity index (χ0) is 20.3. The quantitative estimate of drug-likeness (QED) is 0.541. The summed E-state index contributed by atoms with van der Waals surface area (Å²) in [6.07, 6.45) is 0. The third-order valence-electron chi connectivity index (χ3n) is 6.67. The van der Waals surface area contributed by atoms with E-state index in [0.717, 1.165) is 37.2 Å². The summed E-state index contributed by atoms with van der Waals surface area (Å²) in [4.78, 5) is 5.33. The Morgan fingerprint density at radius 3 is 1.83 bits per heavy atom. The highest BCUT2D eigenvalue weighted by molar-refractivity contribution is 5.28. The van der Waals surface area contributed by atoms with Gasteiger partial charge in [-0.3, -0.25) is 9.80 Å². The van der Waals surface area contributed by atoms with E-state index in [4.69, 9.17) is 4.74 Å². The summed E-state index contributed by atoms with van der Waals surface area (Å²) in [6.45, 7) is 5.53. The van der Waals surface area contributed by atoms with Gasteiger partial charge in [0, 0.05) is 38.8 Å². The first kappa shape index (κ1) is 19.3. The summed E-state index contributed by atoms with van der Waals surface area (Å²) < 4.78 is 5.33. The van der Waals surface area contributed by atoms with Gasteiger partial charge in [0.15, 0.2) is 0 Å². The van der Waals surface area contributed by atoms with Crippen molar-refractivity contribution in [3.8, 4) is 5.75 Å². The van der Waals surface area contributed by atoms with Gasteiger partial charge >= 0.3 is 0 Å². The van der Waals surface area contributed by atoms with Gasteiger partial charge in [-0.05, 0) is 40.7 Å². The molecule has 1 saturated heterocycles. The fourth-order valence-corrected chi connectivity index (χ4v) is 5.14. The average molecular weight is 399 g/mol. The summed E-state index contributed by atoms with van der Waals surface area (Å²) in [5, 5.41) is 0. The van der Waals surface area contributed by atoms with Crippen molar-refractivity contribution in [2.45, 2.75) is 25.7 Å². The van der Waals surface area contributed by atoms with Crippen LogP contribution in [-0.4, -0.2) is 36.0 Å². The van der Waals surface area contributed by atoms with Crippen LogP contribution in [0.4, 0.5) is 0 Å². The van der Waals surface area contributed by atoms with Crippen molar-refractivity contribution in [3.63, 3.8) is 0 Å². The second-order valence-corrected chi connectivity index (χ2v) is 8.74. The Bertz CT molecular complexity index is 930. The zero-order valence-electron chi connectivity index (χ0n) is 17.7. The standard InChI is InChI=1S/C27H30N2O/c1-30-24-14-12-23(13-15-24)18-29(17-22-10-6-3-7-11-22)27-25-19-28(20-26(25)27)16-21-8-4-2-5-9-21/h2-15,25-27H,16-20H2,1H3. The van der Waals surface area contributed by atoms with Crippen molar-refractivity contribution < 1.29 is 4.74 Å². The Morgan fingerprint density at radius 1 is 0.733 bits per heavy atom. The van der Waals surface area contributed by atoms with Crippen LogP contribution in [0.25, 0.3) is 0 Å². The fraction of sp³-hybridized carbons (Fsp3) is 0.333. The lowest BCUT2D eigenvalue weighted by molar-refractivity contribution is 0.182. The molecular formula is C27H30N2O. The Kier molecular flexibility index (Phi) is 5.56. The van der Waals surface area contributed by atoms with Crippen molar-refractivity contribution in [2.24, 2.45) is 11.8 Å². The van der Waals surface area contributed by atoms with Gasteiger partial charge in [0.05, 0.1) is 7.11 Å². The number of hydrogen-bond acceptors (Lipinski definition) is 3. The van der Waals surface area contributed by atoms with Crippen LogP contribution in [0, 0.1) is 11.8 Å². The lowest BCUT2D eigenvalue weighted by atomic mass is 10.1. The smallest absolute Gasteiger partial charge is 0.118 e. The molecule has 1 heterocycles. The maximum atomic E-state index is 5.33. The van der Waals surface area contributed by atoms with Crippen LogP contribution in [0.5, 0.6) is 5.75 Å². The maximum Gasteiger partial charge on any atom is 0.118 e. The molecule has 3 aromatic carbocycles. The van der Waals surface area contributed by atoms with E-state index in [1.54, 1.807) is 7.11 Å². The molecule has 0 spiro atoms. The van der Waals surface area contributed by atoms with E-state index in [2.05, 4.69) is 94.7 Å². The minimum absolute atomic E-state index is 0.694.